The fourth-order valence-electron chi connectivity index (χ4n) is 1.09. The molecule has 7 heteroatoms. The zero-order valence-corrected chi connectivity index (χ0v) is 10.6. The van der Waals surface area contributed by atoms with Crippen molar-refractivity contribution in [3.63, 3.8) is 0 Å². The van der Waals surface area contributed by atoms with Crippen molar-refractivity contribution < 1.29 is 27.1 Å². The van der Waals surface area contributed by atoms with E-state index in [4.69, 9.17) is 0 Å². The third-order valence-electron chi connectivity index (χ3n) is 1.99. The summed E-state index contributed by atoms with van der Waals surface area (Å²) < 4.78 is 53.5. The van der Waals surface area contributed by atoms with Gasteiger partial charge in [0, 0.05) is 10.0 Å². The van der Waals surface area contributed by atoms with Crippen molar-refractivity contribution in [2.45, 2.75) is 12.3 Å². The Bertz CT molecular complexity index is 423. The van der Waals surface area contributed by atoms with Gasteiger partial charge < -0.3 is 4.74 Å². The summed E-state index contributed by atoms with van der Waals surface area (Å²) in [6.45, 7) is -2.15. The van der Waals surface area contributed by atoms with Gasteiger partial charge in [0.25, 0.3) is 0 Å². The summed E-state index contributed by atoms with van der Waals surface area (Å²) >= 11 is 3.14. The highest BCUT2D eigenvalue weighted by atomic mass is 79.9. The van der Waals surface area contributed by atoms with Crippen LogP contribution in [0, 0.1) is 0 Å². The third kappa shape index (κ3) is 4.38. The highest BCUT2D eigenvalue weighted by molar-refractivity contribution is 9.10. The van der Waals surface area contributed by atoms with E-state index in [9.17, 15) is 22.4 Å². The first-order valence-corrected chi connectivity index (χ1v) is 5.65. The lowest BCUT2D eigenvalue weighted by Gasteiger charge is -2.14. The molecule has 1 rings (SSSR count). The van der Waals surface area contributed by atoms with Gasteiger partial charge in [-0.3, -0.25) is 4.79 Å². The third-order valence-corrected chi connectivity index (χ3v) is 2.49. The SMILES string of the molecule is O=C(COCC(F)(F)C(F)F)c1cccc(Br)c1. The topological polar surface area (TPSA) is 26.3 Å². The fourth-order valence-corrected chi connectivity index (χ4v) is 1.49. The van der Waals surface area contributed by atoms with Crippen molar-refractivity contribution in [2.24, 2.45) is 0 Å². The maximum Gasteiger partial charge on any atom is 0.330 e. The number of alkyl halides is 4. The summed E-state index contributed by atoms with van der Waals surface area (Å²) in [6.07, 6.45) is -3.81. The van der Waals surface area contributed by atoms with Gasteiger partial charge in [-0.25, -0.2) is 8.78 Å². The van der Waals surface area contributed by atoms with Crippen LogP contribution in [0.25, 0.3) is 0 Å². The molecule has 0 aliphatic carbocycles. The first-order chi connectivity index (χ1) is 8.33. The number of carbonyl (C=O) groups excluding carboxylic acids is 1. The van der Waals surface area contributed by atoms with Gasteiger partial charge in [-0.1, -0.05) is 28.1 Å². The molecule has 0 unspecified atom stereocenters. The second kappa shape index (κ2) is 6.29. The molecule has 1 aromatic rings. The van der Waals surface area contributed by atoms with E-state index in [1.807, 2.05) is 0 Å². The van der Waals surface area contributed by atoms with Crippen molar-refractivity contribution in [2.75, 3.05) is 13.2 Å². The minimum atomic E-state index is -4.24. The van der Waals surface area contributed by atoms with Crippen LogP contribution in [0.3, 0.4) is 0 Å². The van der Waals surface area contributed by atoms with E-state index in [-0.39, 0.29) is 5.56 Å². The Kier molecular flexibility index (Phi) is 5.28. The summed E-state index contributed by atoms with van der Waals surface area (Å²) in [7, 11) is 0. The van der Waals surface area contributed by atoms with E-state index in [0.717, 1.165) is 0 Å². The van der Waals surface area contributed by atoms with Gasteiger partial charge >= 0.3 is 12.3 Å². The Labute approximate surface area is 109 Å². The maximum atomic E-state index is 12.5. The zero-order chi connectivity index (χ0) is 13.8. The Morgan fingerprint density at radius 3 is 2.61 bits per heavy atom. The van der Waals surface area contributed by atoms with Crippen molar-refractivity contribution in [3.05, 3.63) is 34.3 Å². The van der Waals surface area contributed by atoms with Gasteiger partial charge in [0.15, 0.2) is 5.78 Å². The van der Waals surface area contributed by atoms with Crippen LogP contribution in [-0.4, -0.2) is 31.3 Å². The van der Waals surface area contributed by atoms with Crippen LogP contribution in [0.5, 0.6) is 0 Å². The number of hydrogen-bond acceptors (Lipinski definition) is 2. The Balaban J connectivity index is 2.48. The highest BCUT2D eigenvalue weighted by Gasteiger charge is 2.41. The molecule has 0 amide bonds. The number of carbonyl (C=O) groups is 1. The Morgan fingerprint density at radius 2 is 2.06 bits per heavy atom. The average Bonchev–Trinajstić information content (AvgIpc) is 2.28. The van der Waals surface area contributed by atoms with Crippen LogP contribution in [0.4, 0.5) is 17.6 Å². The molecule has 0 heterocycles. The van der Waals surface area contributed by atoms with E-state index in [1.54, 1.807) is 12.1 Å². The van der Waals surface area contributed by atoms with Gasteiger partial charge in [0.05, 0.1) is 0 Å². The highest BCUT2D eigenvalue weighted by Crippen LogP contribution is 2.23. The maximum absolute atomic E-state index is 12.5. The van der Waals surface area contributed by atoms with Crippen molar-refractivity contribution in [1.82, 2.24) is 0 Å². The zero-order valence-electron chi connectivity index (χ0n) is 9.01. The first kappa shape index (κ1) is 15.1. The molecule has 1 aromatic carbocycles. The van der Waals surface area contributed by atoms with Gasteiger partial charge in [-0.2, -0.15) is 8.78 Å². The normalized spacial score (nSPS) is 11.9. The monoisotopic (exact) mass is 328 g/mol. The van der Waals surface area contributed by atoms with Crippen LogP contribution < -0.4 is 0 Å². The molecule has 0 aromatic heterocycles. The van der Waals surface area contributed by atoms with Crippen LogP contribution >= 0.6 is 15.9 Å². The van der Waals surface area contributed by atoms with Crippen molar-refractivity contribution in [3.8, 4) is 0 Å². The predicted octanol–water partition coefficient (Wildman–Crippen LogP) is 3.55. The van der Waals surface area contributed by atoms with Gasteiger partial charge in [-0.15, -0.1) is 0 Å². The Hall–Kier alpha value is -0.950. The molecule has 0 N–H and O–H groups in total. The second-order valence-electron chi connectivity index (χ2n) is 3.49. The Morgan fingerprint density at radius 1 is 1.39 bits per heavy atom. The lowest BCUT2D eigenvalue weighted by atomic mass is 10.1. The molecule has 0 aliphatic rings. The molecule has 0 spiro atoms. The fraction of sp³-hybridized carbons (Fsp3) is 0.364. The standard InChI is InChI=1S/C11H9BrF4O2/c12-8-3-1-2-7(4-8)9(17)5-18-6-11(15,16)10(13)14/h1-4,10H,5-6H2. The number of benzene rings is 1. The van der Waals surface area contributed by atoms with Gasteiger partial charge in [0.1, 0.15) is 13.2 Å². The van der Waals surface area contributed by atoms with E-state index < -0.39 is 31.3 Å². The second-order valence-corrected chi connectivity index (χ2v) is 4.40. The summed E-state index contributed by atoms with van der Waals surface area (Å²) in [5.41, 5.74) is 0.254. The van der Waals surface area contributed by atoms with E-state index >= 15 is 0 Å². The molecule has 100 valence electrons. The molecule has 18 heavy (non-hydrogen) atoms. The molecule has 0 atom stereocenters. The molecule has 0 fully saturated rings. The quantitative estimate of drug-likeness (QED) is 0.589. The lowest BCUT2D eigenvalue weighted by Crippen LogP contribution is -2.33. The van der Waals surface area contributed by atoms with Crippen molar-refractivity contribution >= 4 is 21.7 Å². The van der Waals surface area contributed by atoms with E-state index in [2.05, 4.69) is 20.7 Å². The number of ketones is 1. The van der Waals surface area contributed by atoms with Crippen LogP contribution in [0.1, 0.15) is 10.4 Å². The van der Waals surface area contributed by atoms with Gasteiger partial charge in [0.2, 0.25) is 0 Å². The van der Waals surface area contributed by atoms with Crippen LogP contribution in [0.2, 0.25) is 0 Å². The van der Waals surface area contributed by atoms with E-state index in [1.165, 1.54) is 12.1 Å². The summed E-state index contributed by atoms with van der Waals surface area (Å²) in [5.74, 6) is -4.79. The molecular formula is C11H9BrF4O2. The average molecular weight is 329 g/mol. The number of hydrogen-bond donors (Lipinski definition) is 0. The lowest BCUT2D eigenvalue weighted by molar-refractivity contribution is -0.163. The largest absolute Gasteiger partial charge is 0.367 e. The number of rotatable bonds is 6. The molecule has 0 aliphatic heterocycles. The van der Waals surface area contributed by atoms with Crippen LogP contribution in [0.15, 0.2) is 28.7 Å². The summed E-state index contributed by atoms with van der Waals surface area (Å²) in [4.78, 5) is 11.5. The smallest absolute Gasteiger partial charge is 0.330 e. The molecule has 0 saturated heterocycles. The molecular weight excluding hydrogens is 320 g/mol. The van der Waals surface area contributed by atoms with Crippen molar-refractivity contribution in [1.29, 1.82) is 0 Å². The minimum absolute atomic E-state index is 0.254. The number of ether oxygens (including phenoxy) is 1. The molecule has 0 saturated carbocycles. The van der Waals surface area contributed by atoms with E-state index in [0.29, 0.717) is 4.47 Å². The van der Waals surface area contributed by atoms with Gasteiger partial charge in [-0.05, 0) is 12.1 Å². The first-order valence-electron chi connectivity index (χ1n) is 4.85. The molecule has 2 nitrogen and oxygen atoms in total. The number of halogens is 5. The summed E-state index contributed by atoms with van der Waals surface area (Å²) in [5, 5.41) is 0. The molecule has 0 bridgehead atoms. The minimum Gasteiger partial charge on any atom is -0.367 e. The summed E-state index contributed by atoms with van der Waals surface area (Å²) in [6, 6.07) is 6.23. The number of Topliss-reactive ketones (excluding diaryl/α,β-unsaturated/α-hetero) is 1. The molecule has 0 radical (unpaired) electrons. The predicted molar refractivity (Wildman–Crippen MR) is 60.2 cm³/mol. The van der Waals surface area contributed by atoms with Crippen LogP contribution in [-0.2, 0) is 4.74 Å².